The smallest absolute Gasteiger partial charge is 0.275 e. The van der Waals surface area contributed by atoms with E-state index >= 15 is 0 Å². The van der Waals surface area contributed by atoms with Crippen LogP contribution in [-0.4, -0.2) is 20.6 Å². The Morgan fingerprint density at radius 3 is 2.75 bits per heavy atom. The Bertz CT molecular complexity index is 696. The number of anilines is 1. The molecule has 0 unspecified atom stereocenters. The standard InChI is InChI=1S/C12H11BrN4O3/c1-7-10(13)11(16(2)15-7)12(18)14-8-4-3-5-9(6-8)17(19)20/h3-6H,1-2H3,(H,14,18). The molecule has 1 aromatic carbocycles. The average molecular weight is 339 g/mol. The number of hydrogen-bond acceptors (Lipinski definition) is 4. The fourth-order valence-corrected chi connectivity index (χ4v) is 2.28. The van der Waals surface area contributed by atoms with Crippen molar-refractivity contribution in [2.45, 2.75) is 6.92 Å². The number of amides is 1. The summed E-state index contributed by atoms with van der Waals surface area (Å²) in [6.45, 7) is 1.77. The third kappa shape index (κ3) is 2.69. The lowest BCUT2D eigenvalue weighted by molar-refractivity contribution is -0.384. The van der Waals surface area contributed by atoms with Crippen molar-refractivity contribution in [2.24, 2.45) is 7.05 Å². The van der Waals surface area contributed by atoms with Gasteiger partial charge in [0.05, 0.1) is 15.1 Å². The van der Waals surface area contributed by atoms with Crippen LogP contribution in [0, 0.1) is 17.0 Å². The van der Waals surface area contributed by atoms with Crippen LogP contribution in [0.2, 0.25) is 0 Å². The Balaban J connectivity index is 2.28. The Kier molecular flexibility index (Phi) is 3.84. The van der Waals surface area contributed by atoms with E-state index in [0.717, 1.165) is 0 Å². The summed E-state index contributed by atoms with van der Waals surface area (Å²) in [5, 5.41) is 17.4. The van der Waals surface area contributed by atoms with Crippen LogP contribution in [0.15, 0.2) is 28.7 Å². The first-order valence-electron chi connectivity index (χ1n) is 5.65. The SMILES string of the molecule is Cc1nn(C)c(C(=O)Nc2cccc([N+](=O)[O-])c2)c1Br. The van der Waals surface area contributed by atoms with Crippen LogP contribution in [0.5, 0.6) is 0 Å². The molecule has 0 aliphatic heterocycles. The van der Waals surface area contributed by atoms with E-state index < -0.39 is 4.92 Å². The molecule has 1 aromatic heterocycles. The Hall–Kier alpha value is -2.22. The molecular weight excluding hydrogens is 328 g/mol. The minimum atomic E-state index is -0.514. The molecule has 2 rings (SSSR count). The van der Waals surface area contributed by atoms with Gasteiger partial charge >= 0.3 is 0 Å². The predicted octanol–water partition coefficient (Wildman–Crippen LogP) is 2.65. The molecule has 0 fully saturated rings. The maximum atomic E-state index is 12.2. The van der Waals surface area contributed by atoms with E-state index in [0.29, 0.717) is 21.5 Å². The van der Waals surface area contributed by atoms with Gasteiger partial charge in [-0.25, -0.2) is 0 Å². The molecule has 0 saturated carbocycles. The van der Waals surface area contributed by atoms with Gasteiger partial charge in [-0.3, -0.25) is 19.6 Å². The van der Waals surface area contributed by atoms with Crippen LogP contribution in [0.3, 0.4) is 0 Å². The van der Waals surface area contributed by atoms with E-state index in [9.17, 15) is 14.9 Å². The first-order chi connectivity index (χ1) is 9.40. The molecule has 1 N–H and O–H groups in total. The summed E-state index contributed by atoms with van der Waals surface area (Å²) in [4.78, 5) is 22.4. The van der Waals surface area contributed by atoms with Crippen molar-refractivity contribution < 1.29 is 9.72 Å². The summed E-state index contributed by atoms with van der Waals surface area (Å²) in [7, 11) is 1.65. The van der Waals surface area contributed by atoms with E-state index in [1.165, 1.54) is 22.9 Å². The molecule has 2 aromatic rings. The van der Waals surface area contributed by atoms with E-state index in [1.807, 2.05) is 0 Å². The molecule has 104 valence electrons. The minimum absolute atomic E-state index is 0.0805. The lowest BCUT2D eigenvalue weighted by Gasteiger charge is -2.05. The van der Waals surface area contributed by atoms with Gasteiger partial charge in [0.15, 0.2) is 0 Å². The number of carbonyl (C=O) groups is 1. The third-order valence-corrected chi connectivity index (χ3v) is 3.63. The number of nitro benzene ring substituents is 1. The highest BCUT2D eigenvalue weighted by atomic mass is 79.9. The van der Waals surface area contributed by atoms with Crippen molar-refractivity contribution in [3.8, 4) is 0 Å². The molecule has 1 amide bonds. The second-order valence-electron chi connectivity index (χ2n) is 4.13. The van der Waals surface area contributed by atoms with Crippen molar-refractivity contribution in [1.82, 2.24) is 9.78 Å². The van der Waals surface area contributed by atoms with Crippen molar-refractivity contribution >= 4 is 33.2 Å². The summed E-state index contributed by atoms with van der Waals surface area (Å²) in [5.41, 5.74) is 1.32. The minimum Gasteiger partial charge on any atom is -0.320 e. The van der Waals surface area contributed by atoms with Crippen LogP contribution in [0.25, 0.3) is 0 Å². The number of rotatable bonds is 3. The van der Waals surface area contributed by atoms with Crippen LogP contribution >= 0.6 is 15.9 Å². The van der Waals surface area contributed by atoms with Gasteiger partial charge in [-0.05, 0) is 28.9 Å². The normalized spacial score (nSPS) is 10.3. The van der Waals surface area contributed by atoms with Gasteiger partial charge < -0.3 is 5.32 Å². The average Bonchev–Trinajstić information content (AvgIpc) is 2.63. The maximum absolute atomic E-state index is 12.2. The van der Waals surface area contributed by atoms with Gasteiger partial charge in [-0.1, -0.05) is 6.07 Å². The molecule has 1 heterocycles. The van der Waals surface area contributed by atoms with Gasteiger partial charge in [-0.15, -0.1) is 0 Å². The van der Waals surface area contributed by atoms with Crippen LogP contribution in [0.4, 0.5) is 11.4 Å². The fourth-order valence-electron chi connectivity index (χ4n) is 1.77. The van der Waals surface area contributed by atoms with Crippen LogP contribution in [-0.2, 0) is 7.05 Å². The third-order valence-electron chi connectivity index (χ3n) is 2.68. The van der Waals surface area contributed by atoms with Crippen molar-refractivity contribution in [3.63, 3.8) is 0 Å². The Morgan fingerprint density at radius 1 is 1.50 bits per heavy atom. The van der Waals surface area contributed by atoms with E-state index in [4.69, 9.17) is 0 Å². The summed E-state index contributed by atoms with van der Waals surface area (Å²) in [5.74, 6) is -0.388. The molecule has 0 saturated heterocycles. The molecule has 20 heavy (non-hydrogen) atoms. The Labute approximate surface area is 122 Å². The molecule has 0 spiro atoms. The molecule has 0 radical (unpaired) electrons. The molecule has 8 heteroatoms. The lowest BCUT2D eigenvalue weighted by Crippen LogP contribution is -2.16. The first-order valence-corrected chi connectivity index (χ1v) is 6.44. The Morgan fingerprint density at radius 2 is 2.20 bits per heavy atom. The van der Waals surface area contributed by atoms with Gasteiger partial charge in [0.1, 0.15) is 5.69 Å². The van der Waals surface area contributed by atoms with Crippen molar-refractivity contribution in [2.75, 3.05) is 5.32 Å². The largest absolute Gasteiger partial charge is 0.320 e. The predicted molar refractivity (Wildman–Crippen MR) is 76.7 cm³/mol. The zero-order chi connectivity index (χ0) is 14.9. The second kappa shape index (κ2) is 5.41. The summed E-state index contributed by atoms with van der Waals surface area (Å²) < 4.78 is 2.05. The summed E-state index contributed by atoms with van der Waals surface area (Å²) >= 11 is 3.30. The van der Waals surface area contributed by atoms with Gasteiger partial charge in [-0.2, -0.15) is 5.10 Å². The van der Waals surface area contributed by atoms with Crippen molar-refractivity contribution in [1.29, 1.82) is 0 Å². The fraction of sp³-hybridized carbons (Fsp3) is 0.167. The van der Waals surface area contributed by atoms with E-state index in [2.05, 4.69) is 26.3 Å². The first kappa shape index (κ1) is 14.2. The van der Waals surface area contributed by atoms with Crippen molar-refractivity contribution in [3.05, 3.63) is 50.2 Å². The molecular formula is C12H11BrN4O3. The van der Waals surface area contributed by atoms with Crippen LogP contribution in [0.1, 0.15) is 16.2 Å². The van der Waals surface area contributed by atoms with Gasteiger partial charge in [0, 0.05) is 24.9 Å². The number of non-ortho nitro benzene ring substituents is 1. The molecule has 0 aliphatic rings. The molecule has 0 bridgehead atoms. The highest BCUT2D eigenvalue weighted by Crippen LogP contribution is 2.22. The molecule has 0 atom stereocenters. The van der Waals surface area contributed by atoms with E-state index in [-0.39, 0.29) is 11.6 Å². The molecule has 0 aliphatic carbocycles. The monoisotopic (exact) mass is 338 g/mol. The zero-order valence-corrected chi connectivity index (χ0v) is 12.3. The summed E-state index contributed by atoms with van der Waals surface area (Å²) in [6.07, 6.45) is 0. The molecule has 7 nitrogen and oxygen atoms in total. The summed E-state index contributed by atoms with van der Waals surface area (Å²) in [6, 6.07) is 5.76. The quantitative estimate of drug-likeness (QED) is 0.688. The number of benzene rings is 1. The van der Waals surface area contributed by atoms with Gasteiger partial charge in [0.25, 0.3) is 11.6 Å². The zero-order valence-electron chi connectivity index (χ0n) is 10.8. The van der Waals surface area contributed by atoms with Crippen LogP contribution < -0.4 is 5.32 Å². The number of carbonyl (C=O) groups excluding carboxylic acids is 1. The number of aromatic nitrogens is 2. The highest BCUT2D eigenvalue weighted by Gasteiger charge is 2.18. The maximum Gasteiger partial charge on any atom is 0.275 e. The lowest BCUT2D eigenvalue weighted by atomic mass is 10.2. The number of nitro groups is 1. The number of aryl methyl sites for hydroxylation is 2. The second-order valence-corrected chi connectivity index (χ2v) is 4.93. The number of halogens is 1. The number of nitrogens with zero attached hydrogens (tertiary/aromatic N) is 3. The highest BCUT2D eigenvalue weighted by molar-refractivity contribution is 9.10. The van der Waals surface area contributed by atoms with E-state index in [1.54, 1.807) is 20.0 Å². The number of nitrogens with one attached hydrogen (secondary N) is 1. The van der Waals surface area contributed by atoms with Gasteiger partial charge in [0.2, 0.25) is 0 Å². The topological polar surface area (TPSA) is 90.1 Å². The number of hydrogen-bond donors (Lipinski definition) is 1.